The van der Waals surface area contributed by atoms with Crippen molar-refractivity contribution in [1.82, 2.24) is 0 Å². The summed E-state index contributed by atoms with van der Waals surface area (Å²) in [5.74, 6) is 0.332. The van der Waals surface area contributed by atoms with Gasteiger partial charge in [0.1, 0.15) is 11.9 Å². The molecule has 5 heteroatoms. The van der Waals surface area contributed by atoms with Crippen LogP contribution >= 0.6 is 0 Å². The van der Waals surface area contributed by atoms with Gasteiger partial charge in [-0.25, -0.2) is 0 Å². The first-order valence-corrected chi connectivity index (χ1v) is 8.32. The third kappa shape index (κ3) is 3.96. The average molecular weight is 345 g/mol. The van der Waals surface area contributed by atoms with Gasteiger partial charge in [-0.2, -0.15) is 18.4 Å². The molecule has 0 heterocycles. The molecule has 2 atom stereocenters. The number of hydrogen-bond acceptors (Lipinski definition) is 2. The van der Waals surface area contributed by atoms with Gasteiger partial charge in [0, 0.05) is 5.92 Å². The minimum Gasteiger partial charge on any atom is -0.490 e. The fourth-order valence-electron chi connectivity index (χ4n) is 3.42. The van der Waals surface area contributed by atoms with E-state index in [-0.39, 0.29) is 23.3 Å². The molecule has 0 N–H and O–H groups in total. The van der Waals surface area contributed by atoms with Crippen LogP contribution in [0.2, 0.25) is 0 Å². The smallest absolute Gasteiger partial charge is 0.417 e. The first-order chi connectivity index (χ1) is 12.0. The van der Waals surface area contributed by atoms with Crippen molar-refractivity contribution in [1.29, 1.82) is 5.26 Å². The van der Waals surface area contributed by atoms with E-state index in [4.69, 9.17) is 10.00 Å². The van der Waals surface area contributed by atoms with E-state index in [0.29, 0.717) is 0 Å². The summed E-state index contributed by atoms with van der Waals surface area (Å²) in [6, 6.07) is 15.1. The number of halogens is 3. The van der Waals surface area contributed by atoms with Crippen LogP contribution in [0.3, 0.4) is 0 Å². The molecule has 1 fully saturated rings. The zero-order valence-corrected chi connectivity index (χ0v) is 13.6. The number of nitriles is 1. The van der Waals surface area contributed by atoms with Crippen molar-refractivity contribution in [2.24, 2.45) is 0 Å². The summed E-state index contributed by atoms with van der Waals surface area (Å²) in [5.41, 5.74) is -0.181. The minimum absolute atomic E-state index is 0.162. The van der Waals surface area contributed by atoms with Gasteiger partial charge in [-0.3, -0.25) is 0 Å². The molecule has 1 aliphatic carbocycles. The largest absolute Gasteiger partial charge is 0.490 e. The van der Waals surface area contributed by atoms with E-state index in [0.717, 1.165) is 37.3 Å². The molecule has 2 aromatic rings. The monoisotopic (exact) mass is 345 g/mol. The average Bonchev–Trinajstić information content (AvgIpc) is 2.62. The van der Waals surface area contributed by atoms with Gasteiger partial charge < -0.3 is 4.74 Å². The Morgan fingerprint density at radius 3 is 2.40 bits per heavy atom. The van der Waals surface area contributed by atoms with E-state index in [2.05, 4.69) is 0 Å². The molecule has 2 nitrogen and oxygen atoms in total. The molecule has 3 rings (SSSR count). The van der Waals surface area contributed by atoms with E-state index < -0.39 is 11.7 Å². The van der Waals surface area contributed by atoms with Crippen LogP contribution in [-0.4, -0.2) is 6.10 Å². The van der Waals surface area contributed by atoms with E-state index >= 15 is 0 Å². The molecular formula is C20H18F3NO. The lowest BCUT2D eigenvalue weighted by Crippen LogP contribution is -2.28. The number of alkyl halides is 3. The molecule has 0 unspecified atom stereocenters. The van der Waals surface area contributed by atoms with Gasteiger partial charge in [-0.1, -0.05) is 36.8 Å². The number of ether oxygens (including phenoxy) is 1. The van der Waals surface area contributed by atoms with Gasteiger partial charge >= 0.3 is 6.18 Å². The summed E-state index contributed by atoms with van der Waals surface area (Å²) in [4.78, 5) is 0. The van der Waals surface area contributed by atoms with Crippen molar-refractivity contribution in [2.75, 3.05) is 0 Å². The Bertz CT molecular complexity index is 765. The number of nitrogens with zero attached hydrogens (tertiary/aromatic N) is 1. The third-order valence-electron chi connectivity index (χ3n) is 4.63. The molecule has 25 heavy (non-hydrogen) atoms. The van der Waals surface area contributed by atoms with Gasteiger partial charge in [0.05, 0.1) is 17.2 Å². The van der Waals surface area contributed by atoms with E-state index in [9.17, 15) is 13.2 Å². The Kier molecular flexibility index (Phi) is 4.98. The van der Waals surface area contributed by atoms with E-state index in [1.54, 1.807) is 6.07 Å². The third-order valence-corrected chi connectivity index (χ3v) is 4.63. The topological polar surface area (TPSA) is 33.0 Å². The van der Waals surface area contributed by atoms with E-state index in [1.165, 1.54) is 12.1 Å². The molecular weight excluding hydrogens is 327 g/mol. The Balaban J connectivity index is 1.86. The van der Waals surface area contributed by atoms with Crippen LogP contribution in [0.15, 0.2) is 48.5 Å². The maximum Gasteiger partial charge on any atom is 0.417 e. The fraction of sp³-hybridized carbons (Fsp3) is 0.350. The van der Waals surface area contributed by atoms with Gasteiger partial charge in [0.15, 0.2) is 0 Å². The lowest BCUT2D eigenvalue weighted by Gasteiger charge is -2.32. The standard InChI is InChI=1S/C20H18F3NO/c21-20(22,23)18-12-16(11-10-15(18)13-24)25-19-9-5-4-8-17(19)14-6-2-1-3-7-14/h1-3,6-7,10-12,17,19H,4-5,8-9H2/t17-,19+/m1/s1. The van der Waals surface area contributed by atoms with Crippen molar-refractivity contribution in [3.05, 3.63) is 65.2 Å². The lowest BCUT2D eigenvalue weighted by atomic mass is 9.81. The van der Waals surface area contributed by atoms with E-state index in [1.807, 2.05) is 30.3 Å². The lowest BCUT2D eigenvalue weighted by molar-refractivity contribution is -0.137. The quantitative estimate of drug-likeness (QED) is 0.717. The molecule has 0 amide bonds. The predicted octanol–water partition coefficient (Wildman–Crippen LogP) is 5.68. The predicted molar refractivity (Wildman–Crippen MR) is 88.2 cm³/mol. The zero-order chi connectivity index (χ0) is 17.9. The van der Waals surface area contributed by atoms with Crippen molar-refractivity contribution < 1.29 is 17.9 Å². The van der Waals surface area contributed by atoms with Crippen molar-refractivity contribution in [3.8, 4) is 11.8 Å². The SMILES string of the molecule is N#Cc1ccc(O[C@H]2CCCC[C@@H]2c2ccccc2)cc1C(F)(F)F. The first kappa shape index (κ1) is 17.3. The molecule has 2 aromatic carbocycles. The normalized spacial score (nSPS) is 20.7. The summed E-state index contributed by atoms with van der Waals surface area (Å²) >= 11 is 0. The Labute approximate surface area is 144 Å². The Morgan fingerprint density at radius 1 is 1.00 bits per heavy atom. The molecule has 1 saturated carbocycles. The van der Waals surface area contributed by atoms with Gasteiger partial charge in [-0.15, -0.1) is 0 Å². The van der Waals surface area contributed by atoms with Crippen molar-refractivity contribution in [2.45, 2.75) is 43.9 Å². The van der Waals surface area contributed by atoms with Crippen LogP contribution in [0.4, 0.5) is 13.2 Å². The van der Waals surface area contributed by atoms with Crippen LogP contribution in [0.5, 0.6) is 5.75 Å². The second-order valence-corrected chi connectivity index (χ2v) is 6.27. The first-order valence-electron chi connectivity index (χ1n) is 8.32. The molecule has 130 valence electrons. The van der Waals surface area contributed by atoms with Crippen molar-refractivity contribution in [3.63, 3.8) is 0 Å². The molecule has 0 bridgehead atoms. The number of benzene rings is 2. The maximum atomic E-state index is 13.1. The number of hydrogen-bond donors (Lipinski definition) is 0. The van der Waals surface area contributed by atoms with Crippen LogP contribution in [0, 0.1) is 11.3 Å². The van der Waals surface area contributed by atoms with Gasteiger partial charge in [0.25, 0.3) is 0 Å². The highest BCUT2D eigenvalue weighted by molar-refractivity contribution is 5.44. The minimum atomic E-state index is -4.57. The Morgan fingerprint density at radius 2 is 1.72 bits per heavy atom. The van der Waals surface area contributed by atoms with Crippen LogP contribution in [-0.2, 0) is 6.18 Å². The van der Waals surface area contributed by atoms with Crippen molar-refractivity contribution >= 4 is 0 Å². The zero-order valence-electron chi connectivity index (χ0n) is 13.6. The van der Waals surface area contributed by atoms with Crippen LogP contribution in [0.1, 0.15) is 48.3 Å². The van der Waals surface area contributed by atoms with Crippen LogP contribution in [0.25, 0.3) is 0 Å². The summed E-state index contributed by atoms with van der Waals surface area (Å²) in [6.45, 7) is 0. The Hall–Kier alpha value is -2.48. The maximum absolute atomic E-state index is 13.1. The second-order valence-electron chi connectivity index (χ2n) is 6.27. The highest BCUT2D eigenvalue weighted by Gasteiger charge is 2.35. The highest BCUT2D eigenvalue weighted by atomic mass is 19.4. The molecule has 0 aromatic heterocycles. The second kappa shape index (κ2) is 7.18. The molecule has 0 aliphatic heterocycles. The summed E-state index contributed by atoms with van der Waals surface area (Å²) < 4.78 is 45.3. The fourth-order valence-corrected chi connectivity index (χ4v) is 3.42. The van der Waals surface area contributed by atoms with Crippen LogP contribution < -0.4 is 4.74 Å². The summed E-state index contributed by atoms with van der Waals surface area (Å²) in [5, 5.41) is 8.89. The number of rotatable bonds is 3. The highest BCUT2D eigenvalue weighted by Crippen LogP contribution is 2.38. The van der Waals surface area contributed by atoms with Gasteiger partial charge in [0.2, 0.25) is 0 Å². The summed E-state index contributed by atoms with van der Waals surface area (Å²) in [6.07, 6.45) is -0.893. The molecule has 0 spiro atoms. The molecule has 0 radical (unpaired) electrons. The summed E-state index contributed by atoms with van der Waals surface area (Å²) in [7, 11) is 0. The molecule has 0 saturated heterocycles. The van der Waals surface area contributed by atoms with Gasteiger partial charge in [-0.05, 0) is 43.0 Å². The molecule has 1 aliphatic rings.